The lowest BCUT2D eigenvalue weighted by Crippen LogP contribution is -2.40. The first-order valence-electron chi connectivity index (χ1n) is 11.3. The second kappa shape index (κ2) is 8.12. The van der Waals surface area contributed by atoms with Crippen molar-refractivity contribution in [3.8, 4) is 0 Å². The van der Waals surface area contributed by atoms with Gasteiger partial charge in [-0.1, -0.05) is 18.2 Å². The molecule has 6 heteroatoms. The Morgan fingerprint density at radius 2 is 2.00 bits per heavy atom. The third kappa shape index (κ3) is 4.90. The molecule has 4 rings (SSSR count). The lowest BCUT2D eigenvalue weighted by atomic mass is 9.98. The minimum Gasteiger partial charge on any atom is -0.444 e. The molecule has 2 amide bonds. The van der Waals surface area contributed by atoms with E-state index in [1.807, 2.05) is 25.7 Å². The molecule has 0 spiro atoms. The highest BCUT2D eigenvalue weighted by Gasteiger charge is 2.46. The largest absolute Gasteiger partial charge is 0.444 e. The Kier molecular flexibility index (Phi) is 5.69. The molecule has 30 heavy (non-hydrogen) atoms. The maximum absolute atomic E-state index is 12.1. The minimum atomic E-state index is -0.474. The molecule has 1 saturated carbocycles. The fourth-order valence-electron chi connectivity index (χ4n) is 4.78. The summed E-state index contributed by atoms with van der Waals surface area (Å²) < 4.78 is 5.40. The summed E-state index contributed by atoms with van der Waals surface area (Å²) in [4.78, 5) is 28.6. The maximum atomic E-state index is 12.1. The van der Waals surface area contributed by atoms with Crippen LogP contribution in [-0.2, 0) is 9.53 Å². The first kappa shape index (κ1) is 21.0. The third-order valence-electron chi connectivity index (χ3n) is 6.57. The molecule has 2 heterocycles. The van der Waals surface area contributed by atoms with Crippen LogP contribution in [0.2, 0.25) is 0 Å². The first-order valence-corrected chi connectivity index (χ1v) is 11.3. The molecular weight excluding hydrogens is 378 g/mol. The van der Waals surface area contributed by atoms with Crippen LogP contribution in [0, 0.1) is 5.41 Å². The van der Waals surface area contributed by atoms with Gasteiger partial charge in [-0.25, -0.2) is 4.79 Å². The second-order valence-electron chi connectivity index (χ2n) is 10.3. The number of anilines is 1. The van der Waals surface area contributed by atoms with E-state index in [1.54, 1.807) is 0 Å². The molecule has 1 atom stereocenters. The number of para-hydroxylation sites is 1. The number of amides is 2. The molecule has 0 aromatic heterocycles. The summed E-state index contributed by atoms with van der Waals surface area (Å²) in [6.45, 7) is 10.0. The average Bonchev–Trinajstić information content (AvgIpc) is 3.19. The molecule has 164 valence electrons. The Morgan fingerprint density at radius 3 is 2.67 bits per heavy atom. The van der Waals surface area contributed by atoms with E-state index in [0.717, 1.165) is 51.9 Å². The van der Waals surface area contributed by atoms with Gasteiger partial charge in [-0.2, -0.15) is 0 Å². The number of nitrogens with one attached hydrogen (secondary N) is 1. The van der Waals surface area contributed by atoms with E-state index in [9.17, 15) is 9.59 Å². The molecular formula is C24H35N3O3. The zero-order valence-corrected chi connectivity index (χ0v) is 18.6. The number of likely N-dealkylation sites (tertiary alicyclic amines) is 1. The predicted molar refractivity (Wildman–Crippen MR) is 118 cm³/mol. The van der Waals surface area contributed by atoms with Gasteiger partial charge >= 0.3 is 6.09 Å². The number of nitrogens with zero attached hydrogens (tertiary/aromatic N) is 2. The number of carbonyl (C=O) groups excluding carboxylic acids is 2. The number of carbonyl (C=O) groups is 2. The van der Waals surface area contributed by atoms with Gasteiger partial charge in [0.2, 0.25) is 5.91 Å². The van der Waals surface area contributed by atoms with Crippen LogP contribution in [0.5, 0.6) is 0 Å². The van der Waals surface area contributed by atoms with Gasteiger partial charge in [-0.3, -0.25) is 4.79 Å². The fourth-order valence-corrected chi connectivity index (χ4v) is 4.78. The molecule has 1 aromatic carbocycles. The van der Waals surface area contributed by atoms with Gasteiger partial charge in [0.05, 0.1) is 0 Å². The smallest absolute Gasteiger partial charge is 0.407 e. The van der Waals surface area contributed by atoms with Gasteiger partial charge in [0, 0.05) is 56.2 Å². The summed E-state index contributed by atoms with van der Waals surface area (Å²) in [6.07, 6.45) is 4.66. The SMILES string of the molecule is CC(C)(C)OC(=O)NCC1(CN2C[C@@H](CCN3CCCC3=O)c3ccccc32)CC1. The van der Waals surface area contributed by atoms with Crippen molar-refractivity contribution in [2.45, 2.75) is 64.4 Å². The summed E-state index contributed by atoms with van der Waals surface area (Å²) in [7, 11) is 0. The highest BCUT2D eigenvalue weighted by Crippen LogP contribution is 2.49. The number of fused-ring (bicyclic) bond motifs is 1. The van der Waals surface area contributed by atoms with Crippen molar-refractivity contribution in [1.82, 2.24) is 10.2 Å². The molecule has 3 aliphatic rings. The van der Waals surface area contributed by atoms with E-state index in [-0.39, 0.29) is 11.5 Å². The van der Waals surface area contributed by atoms with Gasteiger partial charge in [0.25, 0.3) is 0 Å². The van der Waals surface area contributed by atoms with Crippen LogP contribution >= 0.6 is 0 Å². The number of benzene rings is 1. The topological polar surface area (TPSA) is 61.9 Å². The highest BCUT2D eigenvalue weighted by atomic mass is 16.6. The van der Waals surface area contributed by atoms with Gasteiger partial charge in [0.1, 0.15) is 5.60 Å². The molecule has 1 aromatic rings. The van der Waals surface area contributed by atoms with Crippen LogP contribution in [0.4, 0.5) is 10.5 Å². The van der Waals surface area contributed by atoms with Gasteiger partial charge in [0.15, 0.2) is 0 Å². The summed E-state index contributed by atoms with van der Waals surface area (Å²) in [6, 6.07) is 8.68. The Bertz CT molecular complexity index is 797. The molecule has 2 fully saturated rings. The third-order valence-corrected chi connectivity index (χ3v) is 6.57. The summed E-state index contributed by atoms with van der Waals surface area (Å²) in [5.74, 6) is 0.771. The fraction of sp³-hybridized carbons (Fsp3) is 0.667. The summed E-state index contributed by atoms with van der Waals surface area (Å²) >= 11 is 0. The van der Waals surface area contributed by atoms with Crippen LogP contribution in [0.3, 0.4) is 0 Å². The monoisotopic (exact) mass is 413 g/mol. The van der Waals surface area contributed by atoms with E-state index < -0.39 is 5.60 Å². The Balaban J connectivity index is 1.35. The molecule has 0 unspecified atom stereocenters. The standard InChI is InChI=1S/C24H35N3O3/c1-23(2,3)30-22(29)25-16-24(11-12-24)17-27-15-18(19-7-4-5-8-20(19)27)10-14-26-13-6-9-21(26)28/h4-5,7-8,18H,6,9-17H2,1-3H3,(H,25,29)/t18-/m1/s1. The van der Waals surface area contributed by atoms with Crippen LogP contribution in [0.15, 0.2) is 24.3 Å². The number of hydrogen-bond acceptors (Lipinski definition) is 4. The van der Waals surface area contributed by atoms with Crippen molar-refractivity contribution in [3.63, 3.8) is 0 Å². The van der Waals surface area contributed by atoms with E-state index in [2.05, 4.69) is 34.5 Å². The summed E-state index contributed by atoms with van der Waals surface area (Å²) in [5.41, 5.74) is 2.39. The Morgan fingerprint density at radius 1 is 1.23 bits per heavy atom. The van der Waals surface area contributed by atoms with E-state index >= 15 is 0 Å². The van der Waals surface area contributed by atoms with Crippen molar-refractivity contribution in [3.05, 3.63) is 29.8 Å². The normalized spacial score (nSPS) is 22.2. The van der Waals surface area contributed by atoms with E-state index in [0.29, 0.717) is 24.8 Å². The predicted octanol–water partition coefficient (Wildman–Crippen LogP) is 3.91. The van der Waals surface area contributed by atoms with Crippen molar-refractivity contribution >= 4 is 17.7 Å². The molecule has 6 nitrogen and oxygen atoms in total. The maximum Gasteiger partial charge on any atom is 0.407 e. The quantitative estimate of drug-likeness (QED) is 0.736. The molecule has 1 aliphatic carbocycles. The number of ether oxygens (including phenoxy) is 1. The lowest BCUT2D eigenvalue weighted by molar-refractivity contribution is -0.127. The first-order chi connectivity index (χ1) is 14.2. The van der Waals surface area contributed by atoms with Crippen LogP contribution in [0.25, 0.3) is 0 Å². The van der Waals surface area contributed by atoms with E-state index in [1.165, 1.54) is 11.3 Å². The van der Waals surface area contributed by atoms with Crippen LogP contribution in [0.1, 0.15) is 64.4 Å². The average molecular weight is 414 g/mol. The molecule has 2 aliphatic heterocycles. The second-order valence-corrected chi connectivity index (χ2v) is 10.3. The van der Waals surface area contributed by atoms with Crippen molar-refractivity contribution in [2.24, 2.45) is 5.41 Å². The molecule has 1 N–H and O–H groups in total. The van der Waals surface area contributed by atoms with E-state index in [4.69, 9.17) is 4.74 Å². The number of rotatable bonds is 7. The summed E-state index contributed by atoms with van der Waals surface area (Å²) in [5, 5.41) is 2.99. The molecule has 0 radical (unpaired) electrons. The highest BCUT2D eigenvalue weighted by molar-refractivity contribution is 5.78. The molecule has 0 bridgehead atoms. The van der Waals surface area contributed by atoms with Gasteiger partial charge < -0.3 is 19.9 Å². The Hall–Kier alpha value is -2.24. The number of alkyl carbamates (subject to hydrolysis) is 1. The van der Waals surface area contributed by atoms with Gasteiger partial charge in [-0.05, 0) is 58.1 Å². The van der Waals surface area contributed by atoms with Gasteiger partial charge in [-0.15, -0.1) is 0 Å². The van der Waals surface area contributed by atoms with Crippen LogP contribution < -0.4 is 10.2 Å². The lowest BCUT2D eigenvalue weighted by Gasteiger charge is -2.27. The van der Waals surface area contributed by atoms with Crippen molar-refractivity contribution in [2.75, 3.05) is 37.6 Å². The zero-order valence-electron chi connectivity index (χ0n) is 18.6. The van der Waals surface area contributed by atoms with Crippen molar-refractivity contribution in [1.29, 1.82) is 0 Å². The number of hydrogen-bond donors (Lipinski definition) is 1. The minimum absolute atomic E-state index is 0.143. The van der Waals surface area contributed by atoms with Crippen LogP contribution in [-0.4, -0.2) is 55.2 Å². The molecule has 1 saturated heterocycles. The van der Waals surface area contributed by atoms with Crippen molar-refractivity contribution < 1.29 is 14.3 Å². The zero-order chi connectivity index (χ0) is 21.4. The Labute approximate surface area is 179 Å².